The molecule has 1 atom stereocenters. The van der Waals surface area contributed by atoms with E-state index in [0.29, 0.717) is 6.42 Å². The predicted octanol–water partition coefficient (Wildman–Crippen LogP) is 3.44. The van der Waals surface area contributed by atoms with Gasteiger partial charge >= 0.3 is 6.18 Å². The van der Waals surface area contributed by atoms with Gasteiger partial charge in [0, 0.05) is 6.04 Å². The Hall–Kier alpha value is -1.33. The number of nitrogens with two attached hydrogens (primary N) is 1. The van der Waals surface area contributed by atoms with Crippen LogP contribution in [-0.2, 0) is 12.6 Å². The Morgan fingerprint density at radius 3 is 2.32 bits per heavy atom. The topological polar surface area (TPSA) is 38.0 Å². The Balaban J connectivity index is 2.63. The van der Waals surface area contributed by atoms with Gasteiger partial charge in [0.15, 0.2) is 0 Å². The van der Waals surface area contributed by atoms with Gasteiger partial charge in [-0.05, 0) is 43.9 Å². The van der Waals surface area contributed by atoms with E-state index >= 15 is 0 Å². The summed E-state index contributed by atoms with van der Waals surface area (Å²) in [5.74, 6) is 5.45. The van der Waals surface area contributed by atoms with Crippen molar-refractivity contribution in [2.75, 3.05) is 0 Å². The van der Waals surface area contributed by atoms with Crippen molar-refractivity contribution >= 4 is 0 Å². The summed E-state index contributed by atoms with van der Waals surface area (Å²) < 4.78 is 37.2. The quantitative estimate of drug-likeness (QED) is 0.473. The third-order valence-electron chi connectivity index (χ3n) is 2.92. The summed E-state index contributed by atoms with van der Waals surface area (Å²) in [4.78, 5) is 0. The summed E-state index contributed by atoms with van der Waals surface area (Å²) in [6, 6.07) is 5.22. The molecule has 0 aromatic heterocycles. The zero-order valence-corrected chi connectivity index (χ0v) is 10.9. The molecule has 0 radical (unpaired) electrons. The van der Waals surface area contributed by atoms with Gasteiger partial charge < -0.3 is 0 Å². The summed E-state index contributed by atoms with van der Waals surface area (Å²) in [5, 5.41) is 0. The molecule has 0 bridgehead atoms. The SMILES string of the molecule is C=C(C)CCC(Cc1ccc(C(F)(F)F)cc1)NN. The minimum Gasteiger partial charge on any atom is -0.271 e. The third kappa shape index (κ3) is 5.44. The molecule has 1 aromatic carbocycles. The van der Waals surface area contributed by atoms with Gasteiger partial charge in [0.05, 0.1) is 5.56 Å². The molecule has 106 valence electrons. The van der Waals surface area contributed by atoms with Crippen molar-refractivity contribution in [3.05, 3.63) is 47.5 Å². The largest absolute Gasteiger partial charge is 0.416 e. The molecule has 2 nitrogen and oxygen atoms in total. The van der Waals surface area contributed by atoms with E-state index in [-0.39, 0.29) is 6.04 Å². The average Bonchev–Trinajstić information content (AvgIpc) is 2.33. The zero-order chi connectivity index (χ0) is 14.5. The Morgan fingerprint density at radius 1 is 1.32 bits per heavy atom. The second-order valence-corrected chi connectivity index (χ2v) is 4.76. The molecule has 0 fully saturated rings. The highest BCUT2D eigenvalue weighted by molar-refractivity contribution is 5.25. The highest BCUT2D eigenvalue weighted by Crippen LogP contribution is 2.29. The lowest BCUT2D eigenvalue weighted by molar-refractivity contribution is -0.137. The van der Waals surface area contributed by atoms with Crippen LogP contribution in [0.5, 0.6) is 0 Å². The van der Waals surface area contributed by atoms with E-state index in [1.807, 2.05) is 6.92 Å². The molecule has 0 aliphatic heterocycles. The Labute approximate surface area is 111 Å². The molecule has 0 amide bonds. The smallest absolute Gasteiger partial charge is 0.271 e. The highest BCUT2D eigenvalue weighted by Gasteiger charge is 2.29. The Bertz CT molecular complexity index is 410. The van der Waals surface area contributed by atoms with Crippen LogP contribution < -0.4 is 11.3 Å². The van der Waals surface area contributed by atoms with E-state index in [9.17, 15) is 13.2 Å². The van der Waals surface area contributed by atoms with Crippen molar-refractivity contribution in [2.45, 2.75) is 38.4 Å². The summed E-state index contributed by atoms with van der Waals surface area (Å²) in [6.45, 7) is 5.75. The van der Waals surface area contributed by atoms with E-state index in [1.165, 1.54) is 12.1 Å². The monoisotopic (exact) mass is 272 g/mol. The summed E-state index contributed by atoms with van der Waals surface area (Å²) in [7, 11) is 0. The fourth-order valence-electron chi connectivity index (χ4n) is 1.78. The van der Waals surface area contributed by atoms with E-state index in [0.717, 1.165) is 36.1 Å². The maximum Gasteiger partial charge on any atom is 0.416 e. The second kappa shape index (κ2) is 6.73. The minimum atomic E-state index is -4.29. The zero-order valence-electron chi connectivity index (χ0n) is 10.9. The van der Waals surface area contributed by atoms with Gasteiger partial charge in [-0.2, -0.15) is 13.2 Å². The van der Waals surface area contributed by atoms with Gasteiger partial charge in [-0.15, -0.1) is 6.58 Å². The molecule has 3 N–H and O–H groups in total. The molecule has 1 unspecified atom stereocenters. The predicted molar refractivity (Wildman–Crippen MR) is 70.3 cm³/mol. The molecule has 0 saturated carbocycles. The second-order valence-electron chi connectivity index (χ2n) is 4.76. The molecule has 1 aromatic rings. The first-order valence-electron chi connectivity index (χ1n) is 6.09. The molecule has 0 heterocycles. The number of hydrogen-bond donors (Lipinski definition) is 2. The molecule has 1 rings (SSSR count). The number of nitrogens with one attached hydrogen (secondary N) is 1. The molecule has 5 heteroatoms. The lowest BCUT2D eigenvalue weighted by atomic mass is 9.99. The van der Waals surface area contributed by atoms with Crippen molar-refractivity contribution in [3.63, 3.8) is 0 Å². The summed E-state index contributed by atoms with van der Waals surface area (Å²) in [6.07, 6.45) is -2.03. The van der Waals surface area contributed by atoms with Crippen LogP contribution in [0.3, 0.4) is 0 Å². The third-order valence-corrected chi connectivity index (χ3v) is 2.92. The lowest BCUT2D eigenvalue weighted by Crippen LogP contribution is -2.36. The van der Waals surface area contributed by atoms with Crippen LogP contribution in [-0.4, -0.2) is 6.04 Å². The molecule has 0 aliphatic rings. The Kier molecular flexibility index (Phi) is 5.57. The van der Waals surface area contributed by atoms with Gasteiger partial charge in [-0.25, -0.2) is 0 Å². The number of allylic oxidation sites excluding steroid dienone is 1. The van der Waals surface area contributed by atoms with Crippen LogP contribution in [0, 0.1) is 0 Å². The van der Waals surface area contributed by atoms with Crippen molar-refractivity contribution < 1.29 is 13.2 Å². The number of alkyl halides is 3. The molecule has 19 heavy (non-hydrogen) atoms. The van der Waals surface area contributed by atoms with E-state index in [4.69, 9.17) is 5.84 Å². The number of hydrogen-bond acceptors (Lipinski definition) is 2. The van der Waals surface area contributed by atoms with Crippen molar-refractivity contribution in [2.24, 2.45) is 5.84 Å². The average molecular weight is 272 g/mol. The first-order valence-corrected chi connectivity index (χ1v) is 6.09. The summed E-state index contributed by atoms with van der Waals surface area (Å²) in [5.41, 5.74) is 3.95. The van der Waals surface area contributed by atoms with E-state index < -0.39 is 11.7 Å². The molecule has 0 aliphatic carbocycles. The van der Waals surface area contributed by atoms with Gasteiger partial charge in [0.2, 0.25) is 0 Å². The van der Waals surface area contributed by atoms with Crippen LogP contribution in [0.2, 0.25) is 0 Å². The highest BCUT2D eigenvalue weighted by atomic mass is 19.4. The molecular formula is C14H19F3N2. The minimum absolute atomic E-state index is 0.0356. The molecule has 0 saturated heterocycles. The van der Waals surface area contributed by atoms with Crippen LogP contribution >= 0.6 is 0 Å². The van der Waals surface area contributed by atoms with E-state index in [1.54, 1.807) is 0 Å². The number of hydrazine groups is 1. The van der Waals surface area contributed by atoms with E-state index in [2.05, 4.69) is 12.0 Å². The van der Waals surface area contributed by atoms with Crippen LogP contribution in [0.1, 0.15) is 30.9 Å². The van der Waals surface area contributed by atoms with Crippen LogP contribution in [0.25, 0.3) is 0 Å². The number of benzene rings is 1. The number of rotatable bonds is 6. The molecular weight excluding hydrogens is 253 g/mol. The summed E-state index contributed by atoms with van der Waals surface area (Å²) >= 11 is 0. The standard InChI is InChI=1S/C14H19F3N2/c1-10(2)3-8-13(19-18)9-11-4-6-12(7-5-11)14(15,16)17/h4-7,13,19H,1,3,8-9,18H2,2H3. The van der Waals surface area contributed by atoms with Gasteiger partial charge in [0.25, 0.3) is 0 Å². The maximum absolute atomic E-state index is 12.4. The van der Waals surface area contributed by atoms with Crippen molar-refractivity contribution in [1.82, 2.24) is 5.43 Å². The first kappa shape index (κ1) is 15.7. The maximum atomic E-state index is 12.4. The van der Waals surface area contributed by atoms with Gasteiger partial charge in [-0.1, -0.05) is 17.7 Å². The normalized spacial score (nSPS) is 13.3. The number of halogens is 3. The van der Waals surface area contributed by atoms with Gasteiger partial charge in [-0.3, -0.25) is 11.3 Å². The van der Waals surface area contributed by atoms with Crippen molar-refractivity contribution in [1.29, 1.82) is 0 Å². The van der Waals surface area contributed by atoms with Crippen LogP contribution in [0.4, 0.5) is 13.2 Å². The van der Waals surface area contributed by atoms with Crippen LogP contribution in [0.15, 0.2) is 36.4 Å². The Morgan fingerprint density at radius 2 is 1.89 bits per heavy atom. The lowest BCUT2D eigenvalue weighted by Gasteiger charge is -2.16. The van der Waals surface area contributed by atoms with Gasteiger partial charge in [0.1, 0.15) is 0 Å². The fourth-order valence-corrected chi connectivity index (χ4v) is 1.78. The first-order chi connectivity index (χ1) is 8.82. The molecule has 0 spiro atoms. The van der Waals surface area contributed by atoms with Crippen molar-refractivity contribution in [3.8, 4) is 0 Å². The fraction of sp³-hybridized carbons (Fsp3) is 0.429.